The molecule has 1 aromatic carbocycles. The van der Waals surface area contributed by atoms with Gasteiger partial charge in [0.25, 0.3) is 5.91 Å². The standard InChI is InChI=1S/C20H22N4O2S/c1-3-21-18(25)14-23(4-2)20(26)16-13-24(15-9-6-5-7-10-15)22-19(16)17-11-8-12-27-17/h5-13H,3-4,14H2,1-2H3,(H,21,25). The molecule has 0 saturated heterocycles. The molecule has 0 radical (unpaired) electrons. The van der Waals surface area contributed by atoms with E-state index in [9.17, 15) is 9.59 Å². The number of hydrogen-bond acceptors (Lipinski definition) is 4. The molecule has 0 aliphatic carbocycles. The van der Waals surface area contributed by atoms with Crippen LogP contribution in [0.1, 0.15) is 24.2 Å². The first-order valence-corrected chi connectivity index (χ1v) is 9.77. The highest BCUT2D eigenvalue weighted by molar-refractivity contribution is 7.13. The van der Waals surface area contributed by atoms with Crippen molar-refractivity contribution in [2.75, 3.05) is 19.6 Å². The second-order valence-electron chi connectivity index (χ2n) is 5.92. The lowest BCUT2D eigenvalue weighted by Gasteiger charge is -2.20. The highest BCUT2D eigenvalue weighted by Gasteiger charge is 2.24. The number of nitrogens with zero attached hydrogens (tertiary/aromatic N) is 3. The van der Waals surface area contributed by atoms with Gasteiger partial charge in [-0.15, -0.1) is 11.3 Å². The summed E-state index contributed by atoms with van der Waals surface area (Å²) >= 11 is 1.53. The first-order valence-electron chi connectivity index (χ1n) is 8.89. The molecule has 2 aromatic heterocycles. The average molecular weight is 382 g/mol. The van der Waals surface area contributed by atoms with Gasteiger partial charge < -0.3 is 10.2 Å². The van der Waals surface area contributed by atoms with E-state index in [2.05, 4.69) is 10.4 Å². The number of amides is 2. The largest absolute Gasteiger partial charge is 0.355 e. The smallest absolute Gasteiger partial charge is 0.258 e. The fourth-order valence-corrected chi connectivity index (χ4v) is 3.49. The Kier molecular flexibility index (Phi) is 6.03. The number of aromatic nitrogens is 2. The van der Waals surface area contributed by atoms with Gasteiger partial charge in [0.1, 0.15) is 5.69 Å². The molecule has 6 nitrogen and oxygen atoms in total. The molecule has 0 unspecified atom stereocenters. The number of thiophene rings is 1. The summed E-state index contributed by atoms with van der Waals surface area (Å²) < 4.78 is 1.71. The van der Waals surface area contributed by atoms with Crippen LogP contribution < -0.4 is 5.32 Å². The van der Waals surface area contributed by atoms with Crippen LogP contribution in [-0.2, 0) is 4.79 Å². The van der Waals surface area contributed by atoms with E-state index in [0.717, 1.165) is 10.6 Å². The number of likely N-dealkylation sites (N-methyl/N-ethyl adjacent to an activating group) is 2. The van der Waals surface area contributed by atoms with Gasteiger partial charge in [-0.2, -0.15) is 5.10 Å². The predicted molar refractivity (Wildman–Crippen MR) is 107 cm³/mol. The van der Waals surface area contributed by atoms with E-state index in [1.165, 1.54) is 16.2 Å². The van der Waals surface area contributed by atoms with Crippen LogP contribution in [0.4, 0.5) is 0 Å². The summed E-state index contributed by atoms with van der Waals surface area (Å²) in [6.07, 6.45) is 1.74. The van der Waals surface area contributed by atoms with E-state index in [1.807, 2.05) is 61.7 Å². The molecular formula is C20H22N4O2S. The van der Waals surface area contributed by atoms with Crippen molar-refractivity contribution >= 4 is 23.2 Å². The van der Waals surface area contributed by atoms with E-state index in [1.54, 1.807) is 10.9 Å². The average Bonchev–Trinajstić information content (AvgIpc) is 3.36. The minimum Gasteiger partial charge on any atom is -0.355 e. The Morgan fingerprint density at radius 1 is 1.15 bits per heavy atom. The SMILES string of the molecule is CCNC(=O)CN(CC)C(=O)c1cn(-c2ccccc2)nc1-c1cccs1. The van der Waals surface area contributed by atoms with Crippen LogP contribution in [0.2, 0.25) is 0 Å². The minimum absolute atomic E-state index is 0.0313. The van der Waals surface area contributed by atoms with Crippen molar-refractivity contribution in [3.8, 4) is 16.3 Å². The number of hydrogen-bond donors (Lipinski definition) is 1. The van der Waals surface area contributed by atoms with E-state index in [0.29, 0.717) is 24.3 Å². The van der Waals surface area contributed by atoms with Crippen LogP contribution in [0.5, 0.6) is 0 Å². The van der Waals surface area contributed by atoms with Gasteiger partial charge in [-0.1, -0.05) is 24.3 Å². The lowest BCUT2D eigenvalue weighted by molar-refractivity contribution is -0.121. The van der Waals surface area contributed by atoms with Gasteiger partial charge in [0.15, 0.2) is 0 Å². The number of carbonyl (C=O) groups excluding carboxylic acids is 2. The van der Waals surface area contributed by atoms with Gasteiger partial charge in [0.2, 0.25) is 5.91 Å². The van der Waals surface area contributed by atoms with E-state index in [4.69, 9.17) is 0 Å². The molecule has 0 spiro atoms. The quantitative estimate of drug-likeness (QED) is 0.682. The maximum absolute atomic E-state index is 13.2. The van der Waals surface area contributed by atoms with Crippen LogP contribution in [0.25, 0.3) is 16.3 Å². The van der Waals surface area contributed by atoms with Crippen molar-refractivity contribution < 1.29 is 9.59 Å². The van der Waals surface area contributed by atoms with Crippen molar-refractivity contribution in [1.82, 2.24) is 20.0 Å². The minimum atomic E-state index is -0.200. The van der Waals surface area contributed by atoms with Crippen LogP contribution in [0, 0.1) is 0 Å². The molecule has 0 aliphatic heterocycles. The summed E-state index contributed by atoms with van der Waals surface area (Å²) in [5.41, 5.74) is 2.00. The molecule has 2 heterocycles. The number of nitrogens with one attached hydrogen (secondary N) is 1. The molecular weight excluding hydrogens is 360 g/mol. The number of para-hydroxylation sites is 1. The molecule has 2 amide bonds. The van der Waals surface area contributed by atoms with Gasteiger partial charge in [0.05, 0.1) is 22.7 Å². The van der Waals surface area contributed by atoms with Crippen LogP contribution in [-0.4, -0.2) is 46.1 Å². The van der Waals surface area contributed by atoms with Gasteiger partial charge in [0, 0.05) is 19.3 Å². The molecule has 0 atom stereocenters. The lowest BCUT2D eigenvalue weighted by atomic mass is 10.2. The Morgan fingerprint density at radius 3 is 2.56 bits per heavy atom. The van der Waals surface area contributed by atoms with Crippen molar-refractivity contribution in [2.45, 2.75) is 13.8 Å². The van der Waals surface area contributed by atoms with Gasteiger partial charge in [-0.3, -0.25) is 9.59 Å². The Bertz CT molecular complexity index is 903. The van der Waals surface area contributed by atoms with E-state index < -0.39 is 0 Å². The Morgan fingerprint density at radius 2 is 1.93 bits per heavy atom. The first-order chi connectivity index (χ1) is 13.1. The zero-order valence-electron chi connectivity index (χ0n) is 15.4. The van der Waals surface area contributed by atoms with Gasteiger partial charge in [-0.05, 0) is 37.4 Å². The normalized spacial score (nSPS) is 10.6. The molecule has 1 N–H and O–H groups in total. The maximum atomic E-state index is 13.2. The van der Waals surface area contributed by atoms with Crippen LogP contribution in [0.3, 0.4) is 0 Å². The van der Waals surface area contributed by atoms with E-state index >= 15 is 0 Å². The molecule has 7 heteroatoms. The Hall–Kier alpha value is -2.93. The zero-order chi connectivity index (χ0) is 19.2. The fraction of sp³-hybridized carbons (Fsp3) is 0.250. The lowest BCUT2D eigenvalue weighted by Crippen LogP contribution is -2.40. The fourth-order valence-electron chi connectivity index (χ4n) is 2.76. The second kappa shape index (κ2) is 8.64. The van der Waals surface area contributed by atoms with Crippen molar-refractivity contribution in [1.29, 1.82) is 0 Å². The third-order valence-electron chi connectivity index (χ3n) is 4.10. The highest BCUT2D eigenvalue weighted by atomic mass is 32.1. The summed E-state index contributed by atoms with van der Waals surface area (Å²) in [7, 11) is 0. The number of rotatable bonds is 7. The molecule has 3 rings (SSSR count). The number of benzene rings is 1. The zero-order valence-corrected chi connectivity index (χ0v) is 16.2. The first kappa shape index (κ1) is 18.8. The molecule has 0 fully saturated rings. The third-order valence-corrected chi connectivity index (χ3v) is 4.97. The van der Waals surface area contributed by atoms with Crippen molar-refractivity contribution in [2.24, 2.45) is 0 Å². The molecule has 0 aliphatic rings. The van der Waals surface area contributed by atoms with Crippen LogP contribution in [0.15, 0.2) is 54.0 Å². The predicted octanol–water partition coefficient (Wildman–Crippen LogP) is 3.20. The molecule has 3 aromatic rings. The molecule has 0 saturated carbocycles. The van der Waals surface area contributed by atoms with Crippen molar-refractivity contribution in [3.05, 3.63) is 59.6 Å². The molecule has 140 valence electrons. The topological polar surface area (TPSA) is 67.2 Å². The second-order valence-corrected chi connectivity index (χ2v) is 6.87. The maximum Gasteiger partial charge on any atom is 0.258 e. The van der Waals surface area contributed by atoms with Gasteiger partial charge in [-0.25, -0.2) is 4.68 Å². The van der Waals surface area contributed by atoms with Gasteiger partial charge >= 0.3 is 0 Å². The molecule has 0 bridgehead atoms. The Balaban J connectivity index is 1.98. The monoisotopic (exact) mass is 382 g/mol. The molecule has 27 heavy (non-hydrogen) atoms. The number of carbonyl (C=O) groups is 2. The van der Waals surface area contributed by atoms with Crippen molar-refractivity contribution in [3.63, 3.8) is 0 Å². The summed E-state index contributed by atoms with van der Waals surface area (Å²) in [6, 6.07) is 13.5. The summed E-state index contributed by atoms with van der Waals surface area (Å²) in [6.45, 7) is 4.73. The van der Waals surface area contributed by atoms with E-state index in [-0.39, 0.29) is 18.4 Å². The Labute approximate surface area is 162 Å². The summed E-state index contributed by atoms with van der Waals surface area (Å²) in [5.74, 6) is -0.366. The third kappa shape index (κ3) is 4.25. The highest BCUT2D eigenvalue weighted by Crippen LogP contribution is 2.28. The summed E-state index contributed by atoms with van der Waals surface area (Å²) in [5, 5.41) is 9.35. The van der Waals surface area contributed by atoms with Crippen LogP contribution >= 0.6 is 11.3 Å². The summed E-state index contributed by atoms with van der Waals surface area (Å²) in [4.78, 5) is 27.6.